The summed E-state index contributed by atoms with van der Waals surface area (Å²) in [5.74, 6) is 2.58. The summed E-state index contributed by atoms with van der Waals surface area (Å²) in [5, 5.41) is 0. The summed E-state index contributed by atoms with van der Waals surface area (Å²) in [4.78, 5) is 11.2. The van der Waals surface area contributed by atoms with Gasteiger partial charge in [-0.3, -0.25) is 4.79 Å². The first-order valence-corrected chi connectivity index (χ1v) is 7.13. The largest absolute Gasteiger partial charge is 0.452 e. The molecule has 2 nitrogen and oxygen atoms in total. The molecule has 0 saturated heterocycles. The Morgan fingerprint density at radius 3 is 2.38 bits per heavy atom. The number of carbonyl (C=O) groups excluding carboxylic acids is 1. The molecular weight excluding hydrogens is 315 g/mol. The Hall–Kier alpha value is -0.240. The smallest absolute Gasteiger partial charge is 0.306 e. The third-order valence-electron chi connectivity index (χ3n) is 2.36. The maximum absolute atomic E-state index is 11.2. The van der Waals surface area contributed by atoms with Crippen molar-refractivity contribution in [3.8, 4) is 9.85 Å². The van der Waals surface area contributed by atoms with Crippen LogP contribution in [0, 0.1) is 9.85 Å². The van der Waals surface area contributed by atoms with E-state index in [0.29, 0.717) is 6.42 Å². The van der Waals surface area contributed by atoms with Gasteiger partial charge in [0.25, 0.3) is 0 Å². The third-order valence-corrected chi connectivity index (χ3v) is 2.74. The highest BCUT2D eigenvalue weighted by molar-refractivity contribution is 14.1. The molecule has 0 bridgehead atoms. The summed E-state index contributed by atoms with van der Waals surface area (Å²) in [6, 6.07) is 0. The topological polar surface area (TPSA) is 26.3 Å². The minimum atomic E-state index is -0.118. The monoisotopic (exact) mass is 336 g/mol. The number of rotatable bonds is 9. The van der Waals surface area contributed by atoms with Gasteiger partial charge in [0.15, 0.2) is 6.61 Å². The van der Waals surface area contributed by atoms with Crippen LogP contribution in [0.3, 0.4) is 0 Å². The highest BCUT2D eigenvalue weighted by Gasteiger charge is 2.00. The normalized spacial score (nSPS) is 9.38. The van der Waals surface area contributed by atoms with Crippen molar-refractivity contribution in [2.45, 2.75) is 58.3 Å². The van der Waals surface area contributed by atoms with E-state index in [0.717, 1.165) is 12.8 Å². The van der Waals surface area contributed by atoms with E-state index < -0.39 is 0 Å². The van der Waals surface area contributed by atoms with Crippen LogP contribution in [0.2, 0.25) is 0 Å². The molecule has 0 fully saturated rings. The zero-order valence-corrected chi connectivity index (χ0v) is 12.2. The van der Waals surface area contributed by atoms with Gasteiger partial charge in [-0.15, -0.1) is 0 Å². The Bertz CT molecular complexity index is 228. The van der Waals surface area contributed by atoms with Gasteiger partial charge in [0.05, 0.1) is 0 Å². The van der Waals surface area contributed by atoms with E-state index in [1.807, 2.05) is 22.6 Å². The first kappa shape index (κ1) is 15.8. The van der Waals surface area contributed by atoms with E-state index in [9.17, 15) is 4.79 Å². The van der Waals surface area contributed by atoms with Crippen molar-refractivity contribution in [3.63, 3.8) is 0 Å². The second-order valence-corrected chi connectivity index (χ2v) is 4.34. The van der Waals surface area contributed by atoms with Crippen LogP contribution in [0.15, 0.2) is 0 Å². The van der Waals surface area contributed by atoms with Crippen LogP contribution < -0.4 is 0 Å². The fourth-order valence-corrected chi connectivity index (χ4v) is 1.60. The second kappa shape index (κ2) is 12.8. The summed E-state index contributed by atoms with van der Waals surface area (Å²) in [6.45, 7) is 2.45. The summed E-state index contributed by atoms with van der Waals surface area (Å²) in [6.07, 6.45) is 9.09. The summed E-state index contributed by atoms with van der Waals surface area (Å²) in [7, 11) is 0. The molecule has 0 aromatic carbocycles. The van der Waals surface area contributed by atoms with Gasteiger partial charge in [-0.1, -0.05) is 51.4 Å². The standard InChI is InChI=1S/C13H21IO2/c1-2-3-4-5-6-7-8-10-13(15)16-12-9-11-14/h2-8,10,12H2,1H3. The first-order chi connectivity index (χ1) is 7.81. The molecule has 0 heterocycles. The lowest BCUT2D eigenvalue weighted by molar-refractivity contribution is -0.142. The van der Waals surface area contributed by atoms with Crippen molar-refractivity contribution < 1.29 is 9.53 Å². The lowest BCUT2D eigenvalue weighted by Gasteiger charge is -2.01. The average Bonchev–Trinajstić information content (AvgIpc) is 2.28. The maximum atomic E-state index is 11.2. The van der Waals surface area contributed by atoms with Gasteiger partial charge >= 0.3 is 5.97 Å². The number of carbonyl (C=O) groups is 1. The second-order valence-electron chi connectivity index (χ2n) is 3.80. The number of halogens is 1. The molecule has 0 aromatic rings. The molecule has 0 amide bonds. The van der Waals surface area contributed by atoms with E-state index in [2.05, 4.69) is 16.8 Å². The molecule has 0 aliphatic carbocycles. The molecule has 0 saturated carbocycles. The number of ether oxygens (including phenoxy) is 1. The number of esters is 1. The highest BCUT2D eigenvalue weighted by atomic mass is 127. The van der Waals surface area contributed by atoms with Crippen LogP contribution in [0.1, 0.15) is 58.3 Å². The fraction of sp³-hybridized carbons (Fsp3) is 0.769. The van der Waals surface area contributed by atoms with E-state index in [-0.39, 0.29) is 12.6 Å². The molecule has 0 aliphatic rings. The van der Waals surface area contributed by atoms with Gasteiger partial charge in [0, 0.05) is 29.0 Å². The van der Waals surface area contributed by atoms with Crippen LogP contribution in [0.4, 0.5) is 0 Å². The number of hydrogen-bond donors (Lipinski definition) is 0. The van der Waals surface area contributed by atoms with Gasteiger partial charge in [-0.2, -0.15) is 0 Å². The van der Waals surface area contributed by atoms with Crippen LogP contribution in [0.5, 0.6) is 0 Å². The Morgan fingerprint density at radius 2 is 1.75 bits per heavy atom. The van der Waals surface area contributed by atoms with Crippen molar-refractivity contribution in [1.82, 2.24) is 0 Å². The van der Waals surface area contributed by atoms with Crippen molar-refractivity contribution in [2.75, 3.05) is 6.61 Å². The lowest BCUT2D eigenvalue weighted by Crippen LogP contribution is -2.04. The Kier molecular flexibility index (Phi) is 12.6. The van der Waals surface area contributed by atoms with E-state index >= 15 is 0 Å². The maximum Gasteiger partial charge on any atom is 0.306 e. The fourth-order valence-electron chi connectivity index (χ4n) is 1.44. The predicted molar refractivity (Wildman–Crippen MR) is 75.4 cm³/mol. The lowest BCUT2D eigenvalue weighted by atomic mass is 10.1. The third kappa shape index (κ3) is 11.8. The van der Waals surface area contributed by atoms with Crippen LogP contribution in [-0.4, -0.2) is 12.6 Å². The molecule has 92 valence electrons. The molecule has 0 rings (SSSR count). The molecule has 3 heteroatoms. The average molecular weight is 336 g/mol. The van der Waals surface area contributed by atoms with Gasteiger partial charge < -0.3 is 4.74 Å². The van der Waals surface area contributed by atoms with Gasteiger partial charge in [-0.05, 0) is 10.3 Å². The van der Waals surface area contributed by atoms with Crippen molar-refractivity contribution >= 4 is 28.6 Å². The minimum absolute atomic E-state index is 0.118. The molecule has 0 N–H and O–H groups in total. The summed E-state index contributed by atoms with van der Waals surface area (Å²) < 4.78 is 7.57. The Balaban J connectivity index is 3.17. The quantitative estimate of drug-likeness (QED) is 0.275. The van der Waals surface area contributed by atoms with Crippen molar-refractivity contribution in [1.29, 1.82) is 0 Å². The SMILES string of the molecule is CCCCCCCCCC(=O)OCC#CI. The molecule has 0 spiro atoms. The zero-order chi connectivity index (χ0) is 12.1. The molecule has 0 aliphatic heterocycles. The van der Waals surface area contributed by atoms with Crippen LogP contribution >= 0.6 is 22.6 Å². The Morgan fingerprint density at radius 1 is 1.12 bits per heavy atom. The minimum Gasteiger partial charge on any atom is -0.452 e. The predicted octanol–water partition coefficient (Wildman–Crippen LogP) is 4.07. The molecule has 0 aromatic heterocycles. The Labute approximate surface area is 113 Å². The van der Waals surface area contributed by atoms with Crippen molar-refractivity contribution in [3.05, 3.63) is 0 Å². The first-order valence-electron chi connectivity index (χ1n) is 6.05. The number of hydrogen-bond acceptors (Lipinski definition) is 2. The highest BCUT2D eigenvalue weighted by Crippen LogP contribution is 2.08. The van der Waals surface area contributed by atoms with Gasteiger partial charge in [-0.25, -0.2) is 0 Å². The summed E-state index contributed by atoms with van der Waals surface area (Å²) in [5.41, 5.74) is 0. The van der Waals surface area contributed by atoms with E-state index in [4.69, 9.17) is 4.74 Å². The van der Waals surface area contributed by atoms with Crippen LogP contribution in [-0.2, 0) is 9.53 Å². The van der Waals surface area contributed by atoms with Gasteiger partial charge in [0.2, 0.25) is 0 Å². The molecule has 0 unspecified atom stereocenters. The molecular formula is C13H21IO2. The van der Waals surface area contributed by atoms with Crippen molar-refractivity contribution in [2.24, 2.45) is 0 Å². The van der Waals surface area contributed by atoms with E-state index in [1.54, 1.807) is 0 Å². The molecule has 0 radical (unpaired) electrons. The van der Waals surface area contributed by atoms with Gasteiger partial charge in [0.1, 0.15) is 0 Å². The molecule has 0 atom stereocenters. The van der Waals surface area contributed by atoms with Crippen LogP contribution in [0.25, 0.3) is 0 Å². The molecule has 16 heavy (non-hydrogen) atoms. The number of unbranched alkanes of at least 4 members (excludes halogenated alkanes) is 6. The zero-order valence-electron chi connectivity index (χ0n) is 10.1. The summed E-state index contributed by atoms with van der Waals surface area (Å²) >= 11 is 1.93. The van der Waals surface area contributed by atoms with E-state index in [1.165, 1.54) is 32.1 Å².